The second-order valence-corrected chi connectivity index (χ2v) is 5.43. The van der Waals surface area contributed by atoms with E-state index >= 15 is 0 Å². The maximum absolute atomic E-state index is 12.4. The highest BCUT2D eigenvalue weighted by molar-refractivity contribution is 7.81. The lowest BCUT2D eigenvalue weighted by Crippen LogP contribution is -2.05. The van der Waals surface area contributed by atoms with E-state index in [2.05, 4.69) is 4.18 Å². The van der Waals surface area contributed by atoms with Gasteiger partial charge in [0.1, 0.15) is 17.6 Å². The molecule has 3 rings (SSSR count). The molecule has 0 saturated heterocycles. The number of hydrogen-bond acceptors (Lipinski definition) is 5. The standard InChI is InChI=1S/C15H9FO5S/c16-22(18,19)21-11-7-5-10(6-8-11)13-9-20-14-4-2-1-3-12(14)15(13)17/h1-9H. The second-order valence-electron chi connectivity index (χ2n) is 4.48. The van der Waals surface area contributed by atoms with Crippen LogP contribution in [0.3, 0.4) is 0 Å². The van der Waals surface area contributed by atoms with Crippen molar-refractivity contribution in [2.45, 2.75) is 0 Å². The van der Waals surface area contributed by atoms with Crippen LogP contribution in [0.1, 0.15) is 0 Å². The maximum Gasteiger partial charge on any atom is 0.488 e. The molecule has 112 valence electrons. The van der Waals surface area contributed by atoms with E-state index in [0.717, 1.165) is 0 Å². The van der Waals surface area contributed by atoms with Crippen molar-refractivity contribution in [1.29, 1.82) is 0 Å². The number of benzene rings is 2. The van der Waals surface area contributed by atoms with E-state index in [1.165, 1.54) is 30.5 Å². The van der Waals surface area contributed by atoms with Gasteiger partial charge in [0, 0.05) is 0 Å². The van der Waals surface area contributed by atoms with Crippen molar-refractivity contribution < 1.29 is 20.9 Å². The highest BCUT2D eigenvalue weighted by atomic mass is 32.3. The fraction of sp³-hybridized carbons (Fsp3) is 0. The van der Waals surface area contributed by atoms with E-state index in [1.807, 2.05) is 0 Å². The molecule has 1 aromatic heterocycles. The van der Waals surface area contributed by atoms with Crippen LogP contribution in [0.4, 0.5) is 3.89 Å². The molecule has 0 radical (unpaired) electrons. The van der Waals surface area contributed by atoms with Gasteiger partial charge in [-0.2, -0.15) is 8.42 Å². The van der Waals surface area contributed by atoms with Gasteiger partial charge >= 0.3 is 10.5 Å². The Bertz CT molecular complexity index is 990. The predicted octanol–water partition coefficient (Wildman–Crippen LogP) is 3.05. The summed E-state index contributed by atoms with van der Waals surface area (Å²) in [5, 5.41) is 0.437. The first kappa shape index (κ1) is 14.3. The topological polar surface area (TPSA) is 73.6 Å². The lowest BCUT2D eigenvalue weighted by molar-refractivity contribution is 0.440. The van der Waals surface area contributed by atoms with Crippen molar-refractivity contribution in [3.05, 3.63) is 65.0 Å². The third-order valence-electron chi connectivity index (χ3n) is 3.04. The number of halogens is 1. The lowest BCUT2D eigenvalue weighted by atomic mass is 10.1. The van der Waals surface area contributed by atoms with Crippen molar-refractivity contribution in [3.63, 3.8) is 0 Å². The van der Waals surface area contributed by atoms with E-state index in [4.69, 9.17) is 4.42 Å². The fourth-order valence-electron chi connectivity index (χ4n) is 2.08. The molecule has 0 atom stereocenters. The Morgan fingerprint density at radius 1 is 1.00 bits per heavy atom. The molecule has 1 heterocycles. The van der Waals surface area contributed by atoms with Crippen molar-refractivity contribution in [3.8, 4) is 16.9 Å². The van der Waals surface area contributed by atoms with Gasteiger partial charge in [0.25, 0.3) is 0 Å². The van der Waals surface area contributed by atoms with Crippen LogP contribution in [0.2, 0.25) is 0 Å². The Balaban J connectivity index is 2.05. The Hall–Kier alpha value is -2.67. The molecule has 0 aliphatic carbocycles. The Morgan fingerprint density at radius 2 is 1.68 bits per heavy atom. The number of rotatable bonds is 3. The third kappa shape index (κ3) is 2.84. The Labute approximate surface area is 125 Å². The minimum absolute atomic E-state index is 0.184. The number of para-hydroxylation sites is 1. The summed E-state index contributed by atoms with van der Waals surface area (Å²) in [5.41, 5.74) is 1.07. The maximum atomic E-state index is 12.4. The quantitative estimate of drug-likeness (QED) is 0.693. The van der Waals surface area contributed by atoms with E-state index in [1.54, 1.807) is 24.3 Å². The summed E-state index contributed by atoms with van der Waals surface area (Å²) in [5.74, 6) is -0.184. The first-order valence-corrected chi connectivity index (χ1v) is 7.50. The molecule has 0 amide bonds. The smallest absolute Gasteiger partial charge is 0.463 e. The van der Waals surface area contributed by atoms with Crippen molar-refractivity contribution in [2.75, 3.05) is 0 Å². The first-order valence-electron chi connectivity index (χ1n) is 6.19. The average molecular weight is 320 g/mol. The zero-order valence-corrected chi connectivity index (χ0v) is 11.8. The average Bonchev–Trinajstić information content (AvgIpc) is 2.47. The second kappa shape index (κ2) is 5.27. The molecule has 0 aliphatic heterocycles. The number of hydrogen-bond donors (Lipinski definition) is 0. The van der Waals surface area contributed by atoms with Crippen LogP contribution in [0.25, 0.3) is 22.1 Å². The van der Waals surface area contributed by atoms with Crippen LogP contribution in [0.15, 0.2) is 64.0 Å². The largest absolute Gasteiger partial charge is 0.488 e. The molecule has 0 fully saturated rings. The third-order valence-corrected chi connectivity index (χ3v) is 3.43. The van der Waals surface area contributed by atoms with Gasteiger partial charge in [-0.05, 0) is 29.8 Å². The zero-order valence-electron chi connectivity index (χ0n) is 11.0. The van der Waals surface area contributed by atoms with Crippen LogP contribution in [0, 0.1) is 0 Å². The van der Waals surface area contributed by atoms with Crippen molar-refractivity contribution in [2.24, 2.45) is 0 Å². The number of fused-ring (bicyclic) bond motifs is 1. The molecule has 0 saturated carbocycles. The molecule has 7 heteroatoms. The van der Waals surface area contributed by atoms with Crippen LogP contribution in [-0.2, 0) is 10.5 Å². The molecular formula is C15H9FO5S. The van der Waals surface area contributed by atoms with Gasteiger partial charge in [-0.15, -0.1) is 0 Å². The van der Waals surface area contributed by atoms with E-state index in [0.29, 0.717) is 22.1 Å². The summed E-state index contributed by atoms with van der Waals surface area (Å²) in [6.07, 6.45) is 1.33. The van der Waals surface area contributed by atoms with E-state index in [9.17, 15) is 17.1 Å². The van der Waals surface area contributed by atoms with Crippen molar-refractivity contribution in [1.82, 2.24) is 0 Å². The molecule has 0 unspecified atom stereocenters. The van der Waals surface area contributed by atoms with Crippen LogP contribution in [-0.4, -0.2) is 8.42 Å². The summed E-state index contributed by atoms with van der Waals surface area (Å²) in [6, 6.07) is 12.2. The molecule has 0 bridgehead atoms. The molecule has 5 nitrogen and oxygen atoms in total. The first-order chi connectivity index (χ1) is 10.4. The summed E-state index contributed by atoms with van der Waals surface area (Å²) in [7, 11) is -5.07. The monoisotopic (exact) mass is 320 g/mol. The molecule has 0 N–H and O–H groups in total. The van der Waals surface area contributed by atoms with Gasteiger partial charge in [0.05, 0.1) is 10.9 Å². The highest BCUT2D eigenvalue weighted by Crippen LogP contribution is 2.23. The lowest BCUT2D eigenvalue weighted by Gasteiger charge is -2.04. The zero-order chi connectivity index (χ0) is 15.7. The fourth-order valence-corrected chi connectivity index (χ4v) is 2.42. The molecular weight excluding hydrogens is 311 g/mol. The molecule has 0 aliphatic rings. The van der Waals surface area contributed by atoms with Crippen molar-refractivity contribution >= 4 is 21.5 Å². The summed E-state index contributed by atoms with van der Waals surface area (Å²) in [4.78, 5) is 12.4. The minimum atomic E-state index is -5.07. The van der Waals surface area contributed by atoms with Gasteiger partial charge in [-0.3, -0.25) is 4.79 Å². The minimum Gasteiger partial charge on any atom is -0.463 e. The SMILES string of the molecule is O=c1c(-c2ccc(OS(=O)(=O)F)cc2)coc2ccccc12. The van der Waals surface area contributed by atoms with E-state index in [-0.39, 0.29) is 11.2 Å². The summed E-state index contributed by atoms with van der Waals surface area (Å²) < 4.78 is 42.7. The molecule has 0 spiro atoms. The highest BCUT2D eigenvalue weighted by Gasteiger charge is 2.11. The Morgan fingerprint density at radius 3 is 2.36 bits per heavy atom. The summed E-state index contributed by atoms with van der Waals surface area (Å²) in [6.45, 7) is 0. The molecule has 22 heavy (non-hydrogen) atoms. The predicted molar refractivity (Wildman–Crippen MR) is 78.6 cm³/mol. The molecule has 2 aromatic carbocycles. The van der Waals surface area contributed by atoms with Crippen LogP contribution in [0.5, 0.6) is 5.75 Å². The van der Waals surface area contributed by atoms with Gasteiger partial charge in [0.15, 0.2) is 5.43 Å². The molecule has 3 aromatic rings. The van der Waals surface area contributed by atoms with Gasteiger partial charge in [-0.1, -0.05) is 28.2 Å². The van der Waals surface area contributed by atoms with Gasteiger partial charge in [0.2, 0.25) is 0 Å². The summed E-state index contributed by atoms with van der Waals surface area (Å²) >= 11 is 0. The van der Waals surface area contributed by atoms with E-state index < -0.39 is 10.5 Å². The van der Waals surface area contributed by atoms with Crippen LogP contribution < -0.4 is 9.61 Å². The van der Waals surface area contributed by atoms with Crippen LogP contribution >= 0.6 is 0 Å². The van der Waals surface area contributed by atoms with Gasteiger partial charge < -0.3 is 8.60 Å². The van der Waals surface area contributed by atoms with Gasteiger partial charge in [-0.25, -0.2) is 0 Å². The Kier molecular flexibility index (Phi) is 3.42. The normalized spacial score (nSPS) is 11.5.